The van der Waals surface area contributed by atoms with E-state index in [1.807, 2.05) is 0 Å². The molecule has 8 unspecified atom stereocenters. The van der Waals surface area contributed by atoms with Gasteiger partial charge in [0, 0.05) is 0 Å². The highest BCUT2D eigenvalue weighted by Gasteiger charge is 2.63. The lowest BCUT2D eigenvalue weighted by atomic mass is 9.64. The van der Waals surface area contributed by atoms with E-state index in [2.05, 4.69) is 13.8 Å². The summed E-state index contributed by atoms with van der Waals surface area (Å²) in [5, 5.41) is 0. The zero-order valence-corrected chi connectivity index (χ0v) is 10.9. The molecule has 0 aromatic heterocycles. The summed E-state index contributed by atoms with van der Waals surface area (Å²) in [5.41, 5.74) is 0. The molecule has 0 aliphatic heterocycles. The van der Waals surface area contributed by atoms with Crippen LogP contribution >= 0.6 is 0 Å². The van der Waals surface area contributed by atoms with Gasteiger partial charge in [-0.3, -0.25) is 0 Å². The minimum Gasteiger partial charge on any atom is -0.0654 e. The summed E-state index contributed by atoms with van der Waals surface area (Å²) in [5.74, 6) is 9.30. The first-order valence-corrected chi connectivity index (χ1v) is 7.79. The summed E-state index contributed by atoms with van der Waals surface area (Å²) in [4.78, 5) is 0. The van der Waals surface area contributed by atoms with Crippen LogP contribution in [0.3, 0.4) is 0 Å². The van der Waals surface area contributed by atoms with Crippen molar-refractivity contribution in [1.29, 1.82) is 0 Å². The van der Waals surface area contributed by atoms with Gasteiger partial charge in [0.05, 0.1) is 0 Å². The SMILES string of the molecule is CCCC1CC2CC1C1C3CC(C)C(C3)C21. The van der Waals surface area contributed by atoms with Crippen molar-refractivity contribution in [1.82, 2.24) is 0 Å². The third kappa shape index (κ3) is 1.07. The van der Waals surface area contributed by atoms with Crippen molar-refractivity contribution < 1.29 is 0 Å². The molecule has 0 aromatic carbocycles. The highest BCUT2D eigenvalue weighted by molar-refractivity contribution is 5.11. The van der Waals surface area contributed by atoms with Crippen LogP contribution in [0.25, 0.3) is 0 Å². The second-order valence-corrected chi connectivity index (χ2v) is 7.47. The third-order valence-electron chi connectivity index (χ3n) is 6.95. The van der Waals surface area contributed by atoms with Crippen LogP contribution in [-0.2, 0) is 0 Å². The third-order valence-corrected chi connectivity index (χ3v) is 6.95. The summed E-state index contributed by atoms with van der Waals surface area (Å²) >= 11 is 0. The van der Waals surface area contributed by atoms with Crippen LogP contribution in [0, 0.1) is 47.3 Å². The number of hydrogen-bond donors (Lipinski definition) is 0. The van der Waals surface area contributed by atoms with Gasteiger partial charge in [-0.25, -0.2) is 0 Å². The second kappa shape index (κ2) is 3.27. The Kier molecular flexibility index (Phi) is 2.04. The molecule has 16 heavy (non-hydrogen) atoms. The van der Waals surface area contributed by atoms with Crippen molar-refractivity contribution in [3.63, 3.8) is 0 Å². The number of rotatable bonds is 2. The standard InChI is InChI=1S/C16H26/c1-3-4-10-6-12-8-14(10)16-11-5-9(2)13(7-11)15(12)16/h9-16H,3-8H2,1-2H3. The number of hydrogen-bond acceptors (Lipinski definition) is 0. The van der Waals surface area contributed by atoms with Crippen molar-refractivity contribution in [2.45, 2.75) is 52.4 Å². The van der Waals surface area contributed by atoms with Crippen LogP contribution in [0.4, 0.5) is 0 Å². The van der Waals surface area contributed by atoms with E-state index >= 15 is 0 Å². The molecule has 4 aliphatic carbocycles. The molecule has 0 heteroatoms. The minimum absolute atomic E-state index is 1.08. The van der Waals surface area contributed by atoms with Gasteiger partial charge in [-0.1, -0.05) is 26.7 Å². The molecule has 90 valence electrons. The molecule has 4 rings (SSSR count). The fourth-order valence-corrected chi connectivity index (χ4v) is 6.77. The molecule has 0 saturated heterocycles. The second-order valence-electron chi connectivity index (χ2n) is 7.47. The summed E-state index contributed by atoms with van der Waals surface area (Å²) in [6.07, 6.45) is 9.44. The van der Waals surface area contributed by atoms with Crippen molar-refractivity contribution in [2.75, 3.05) is 0 Å². The lowest BCUT2D eigenvalue weighted by Gasteiger charge is -2.40. The summed E-state index contributed by atoms with van der Waals surface area (Å²) in [7, 11) is 0. The lowest BCUT2D eigenvalue weighted by molar-refractivity contribution is 0.0765. The van der Waals surface area contributed by atoms with Crippen LogP contribution < -0.4 is 0 Å². The van der Waals surface area contributed by atoms with Crippen LogP contribution in [0.1, 0.15) is 52.4 Å². The van der Waals surface area contributed by atoms with Gasteiger partial charge in [-0.05, 0) is 73.0 Å². The van der Waals surface area contributed by atoms with Gasteiger partial charge in [-0.2, -0.15) is 0 Å². The van der Waals surface area contributed by atoms with Gasteiger partial charge in [0.15, 0.2) is 0 Å². The first kappa shape index (κ1) is 9.97. The maximum Gasteiger partial charge on any atom is -0.0321 e. The summed E-state index contributed by atoms with van der Waals surface area (Å²) in [6, 6.07) is 0. The molecule has 0 spiro atoms. The zero-order valence-electron chi connectivity index (χ0n) is 10.9. The largest absolute Gasteiger partial charge is 0.0654 e. The molecular formula is C16H26. The molecule has 0 radical (unpaired) electrons. The quantitative estimate of drug-likeness (QED) is 0.604. The Morgan fingerprint density at radius 2 is 1.56 bits per heavy atom. The molecule has 0 heterocycles. The van der Waals surface area contributed by atoms with E-state index in [1.165, 1.54) is 42.4 Å². The molecule has 0 N–H and O–H groups in total. The Labute approximate surface area is 100 Å². The molecule has 8 atom stereocenters. The topological polar surface area (TPSA) is 0 Å². The summed E-state index contributed by atoms with van der Waals surface area (Å²) < 4.78 is 0. The normalized spacial score (nSPS) is 61.9. The van der Waals surface area contributed by atoms with Crippen molar-refractivity contribution in [2.24, 2.45) is 47.3 Å². The van der Waals surface area contributed by atoms with E-state index in [4.69, 9.17) is 0 Å². The maximum absolute atomic E-state index is 2.54. The molecule has 4 saturated carbocycles. The van der Waals surface area contributed by atoms with E-state index in [-0.39, 0.29) is 0 Å². The van der Waals surface area contributed by atoms with E-state index in [0.717, 1.165) is 17.8 Å². The Morgan fingerprint density at radius 1 is 0.875 bits per heavy atom. The van der Waals surface area contributed by atoms with E-state index in [0.29, 0.717) is 0 Å². The van der Waals surface area contributed by atoms with Gasteiger partial charge in [0.25, 0.3) is 0 Å². The molecule has 0 nitrogen and oxygen atoms in total. The lowest BCUT2D eigenvalue weighted by Crippen LogP contribution is -2.35. The van der Waals surface area contributed by atoms with Gasteiger partial charge >= 0.3 is 0 Å². The monoisotopic (exact) mass is 218 g/mol. The van der Waals surface area contributed by atoms with E-state index in [1.54, 1.807) is 25.7 Å². The molecule has 4 fully saturated rings. The van der Waals surface area contributed by atoms with Crippen LogP contribution in [0.15, 0.2) is 0 Å². The van der Waals surface area contributed by atoms with E-state index < -0.39 is 0 Å². The summed E-state index contributed by atoms with van der Waals surface area (Å²) in [6.45, 7) is 4.92. The van der Waals surface area contributed by atoms with Crippen molar-refractivity contribution in [3.8, 4) is 0 Å². The molecule has 4 bridgehead atoms. The van der Waals surface area contributed by atoms with Crippen molar-refractivity contribution in [3.05, 3.63) is 0 Å². The zero-order chi connectivity index (χ0) is 10.9. The molecule has 0 aromatic rings. The molecule has 0 amide bonds. The fraction of sp³-hybridized carbons (Fsp3) is 1.00. The predicted molar refractivity (Wildman–Crippen MR) is 67.0 cm³/mol. The molecular weight excluding hydrogens is 192 g/mol. The average molecular weight is 218 g/mol. The van der Waals surface area contributed by atoms with Crippen LogP contribution in [-0.4, -0.2) is 0 Å². The fourth-order valence-electron chi connectivity index (χ4n) is 6.77. The maximum atomic E-state index is 2.54. The highest BCUT2D eigenvalue weighted by atomic mass is 14.7. The van der Waals surface area contributed by atoms with Gasteiger partial charge in [-0.15, -0.1) is 0 Å². The Bertz CT molecular complexity index is 292. The van der Waals surface area contributed by atoms with Crippen molar-refractivity contribution >= 4 is 0 Å². The van der Waals surface area contributed by atoms with Gasteiger partial charge in [0.1, 0.15) is 0 Å². The smallest absolute Gasteiger partial charge is 0.0321 e. The predicted octanol–water partition coefficient (Wildman–Crippen LogP) is 4.35. The van der Waals surface area contributed by atoms with Crippen LogP contribution in [0.2, 0.25) is 0 Å². The Morgan fingerprint density at radius 3 is 2.38 bits per heavy atom. The average Bonchev–Trinajstić information content (AvgIpc) is 2.92. The van der Waals surface area contributed by atoms with E-state index in [9.17, 15) is 0 Å². The highest BCUT2D eigenvalue weighted by Crippen LogP contribution is 2.70. The number of fused-ring (bicyclic) bond motifs is 9. The Hall–Kier alpha value is 0. The first-order valence-electron chi connectivity index (χ1n) is 7.79. The van der Waals surface area contributed by atoms with Gasteiger partial charge in [0.2, 0.25) is 0 Å². The molecule has 4 aliphatic rings. The first-order chi connectivity index (χ1) is 7.79. The minimum atomic E-state index is 1.08. The van der Waals surface area contributed by atoms with Gasteiger partial charge < -0.3 is 0 Å². The van der Waals surface area contributed by atoms with Crippen LogP contribution in [0.5, 0.6) is 0 Å². The Balaban J connectivity index is 1.60.